The molecule has 1 aliphatic heterocycles. The van der Waals surface area contributed by atoms with Crippen molar-refractivity contribution in [3.05, 3.63) is 38.0 Å². The number of carbonyl (C=O) groups is 3. The zero-order valence-corrected chi connectivity index (χ0v) is 16.9. The van der Waals surface area contributed by atoms with Crippen LogP contribution in [0.5, 0.6) is 0 Å². The van der Waals surface area contributed by atoms with Gasteiger partial charge < -0.3 is 10.6 Å². The molecule has 2 aromatic rings. The summed E-state index contributed by atoms with van der Waals surface area (Å²) in [6.45, 7) is 4.29. The number of aryl methyl sites for hydroxylation is 2. The van der Waals surface area contributed by atoms with E-state index in [-0.39, 0.29) is 43.4 Å². The molecule has 2 aromatic heterocycles. The molecule has 3 rings (SSSR count). The molecule has 0 aromatic carbocycles. The smallest absolute Gasteiger partial charge is 0.324 e. The number of nitrogens with zero attached hydrogens (tertiary/aromatic N) is 2. The Hall–Kier alpha value is -2.26. The second kappa shape index (κ2) is 8.62. The van der Waals surface area contributed by atoms with E-state index >= 15 is 0 Å². The van der Waals surface area contributed by atoms with Crippen LogP contribution in [0.2, 0.25) is 0 Å². The van der Waals surface area contributed by atoms with E-state index in [0.29, 0.717) is 12.8 Å². The number of thiazole rings is 1. The van der Waals surface area contributed by atoms with Crippen LogP contribution in [0.1, 0.15) is 40.0 Å². The molecule has 1 fully saturated rings. The molecule has 9 heteroatoms. The van der Waals surface area contributed by atoms with Gasteiger partial charge in [0.25, 0.3) is 0 Å². The van der Waals surface area contributed by atoms with E-state index < -0.39 is 0 Å². The average molecular weight is 407 g/mol. The highest BCUT2D eigenvalue weighted by Crippen LogP contribution is 2.26. The summed E-state index contributed by atoms with van der Waals surface area (Å²) in [5.74, 6) is -0.350. The standard InChI is InChI=1S/C18H22N4O3S2/c1-11-12(2)27-17(20-11)14(8-13-5-7-26-10-13)21-15(23)4-3-6-22-16(24)9-19-18(22)25/h5,7,10,14H,3-4,6,8-9H2,1-2H3,(H,19,25)(H,21,23)/t14-/m1/s1. The summed E-state index contributed by atoms with van der Waals surface area (Å²) in [6.07, 6.45) is 1.38. The fourth-order valence-corrected chi connectivity index (χ4v) is 4.49. The van der Waals surface area contributed by atoms with Crippen molar-refractivity contribution >= 4 is 40.5 Å². The van der Waals surface area contributed by atoms with Crippen molar-refractivity contribution < 1.29 is 14.4 Å². The molecule has 1 aliphatic rings. The second-order valence-corrected chi connectivity index (χ2v) is 8.47. The topological polar surface area (TPSA) is 91.4 Å². The van der Waals surface area contributed by atoms with Crippen LogP contribution in [0.4, 0.5) is 4.79 Å². The van der Waals surface area contributed by atoms with Crippen molar-refractivity contribution in [2.24, 2.45) is 0 Å². The van der Waals surface area contributed by atoms with Crippen molar-refractivity contribution in [2.75, 3.05) is 13.1 Å². The average Bonchev–Trinajstić information content (AvgIpc) is 3.32. The number of amides is 4. The van der Waals surface area contributed by atoms with Gasteiger partial charge in [-0.2, -0.15) is 11.3 Å². The van der Waals surface area contributed by atoms with Gasteiger partial charge in [-0.1, -0.05) is 0 Å². The number of rotatable bonds is 8. The van der Waals surface area contributed by atoms with Gasteiger partial charge in [0.1, 0.15) is 5.01 Å². The normalized spacial score (nSPS) is 15.1. The maximum absolute atomic E-state index is 12.4. The van der Waals surface area contributed by atoms with E-state index in [0.717, 1.165) is 26.0 Å². The molecule has 0 bridgehead atoms. The molecular formula is C18H22N4O3S2. The fraction of sp³-hybridized carbons (Fsp3) is 0.444. The minimum atomic E-state index is -0.385. The predicted molar refractivity (Wildman–Crippen MR) is 105 cm³/mol. The lowest BCUT2D eigenvalue weighted by Crippen LogP contribution is -2.34. The lowest BCUT2D eigenvalue weighted by atomic mass is 10.1. The zero-order chi connectivity index (χ0) is 19.4. The Morgan fingerprint density at radius 1 is 1.41 bits per heavy atom. The molecule has 1 atom stereocenters. The molecule has 1 saturated heterocycles. The first kappa shape index (κ1) is 19.5. The van der Waals surface area contributed by atoms with Gasteiger partial charge in [-0.15, -0.1) is 11.3 Å². The number of nitrogens with one attached hydrogen (secondary N) is 2. The minimum Gasteiger partial charge on any atom is -0.347 e. The Labute approximate surface area is 165 Å². The van der Waals surface area contributed by atoms with Gasteiger partial charge in [-0.25, -0.2) is 9.78 Å². The summed E-state index contributed by atoms with van der Waals surface area (Å²) in [6, 6.07) is 1.49. The minimum absolute atomic E-state index is 0.0382. The molecular weight excluding hydrogens is 384 g/mol. The predicted octanol–water partition coefficient (Wildman–Crippen LogP) is 2.55. The van der Waals surface area contributed by atoms with Crippen LogP contribution in [0.3, 0.4) is 0 Å². The van der Waals surface area contributed by atoms with E-state index in [1.807, 2.05) is 19.2 Å². The molecule has 0 aliphatic carbocycles. The van der Waals surface area contributed by atoms with Crippen LogP contribution in [0.25, 0.3) is 0 Å². The molecule has 2 N–H and O–H groups in total. The van der Waals surface area contributed by atoms with Gasteiger partial charge in [0.05, 0.1) is 18.3 Å². The van der Waals surface area contributed by atoms with Crippen molar-refractivity contribution in [3.63, 3.8) is 0 Å². The first-order valence-electron chi connectivity index (χ1n) is 8.76. The summed E-state index contributed by atoms with van der Waals surface area (Å²) in [5, 5.41) is 10.5. The molecule has 7 nitrogen and oxygen atoms in total. The van der Waals surface area contributed by atoms with Crippen molar-refractivity contribution in [2.45, 2.75) is 39.2 Å². The Bertz CT molecular complexity index is 796. The largest absolute Gasteiger partial charge is 0.347 e. The molecule has 0 radical (unpaired) electrons. The van der Waals surface area contributed by atoms with E-state index in [9.17, 15) is 14.4 Å². The molecule has 144 valence electrons. The summed E-state index contributed by atoms with van der Waals surface area (Å²) in [4.78, 5) is 42.5. The van der Waals surface area contributed by atoms with Crippen LogP contribution in [0, 0.1) is 13.8 Å². The van der Waals surface area contributed by atoms with Gasteiger partial charge in [-0.05, 0) is 42.7 Å². The molecule has 0 unspecified atom stereocenters. The Balaban J connectivity index is 1.58. The number of imide groups is 1. The zero-order valence-electron chi connectivity index (χ0n) is 15.3. The van der Waals surface area contributed by atoms with Crippen molar-refractivity contribution in [3.8, 4) is 0 Å². The lowest BCUT2D eigenvalue weighted by Gasteiger charge is -2.17. The quantitative estimate of drug-likeness (QED) is 0.659. The van der Waals surface area contributed by atoms with Crippen LogP contribution >= 0.6 is 22.7 Å². The third-order valence-electron chi connectivity index (χ3n) is 4.42. The van der Waals surface area contributed by atoms with Crippen molar-refractivity contribution in [1.82, 2.24) is 20.5 Å². The van der Waals surface area contributed by atoms with Gasteiger partial charge in [-0.3, -0.25) is 14.5 Å². The Kier molecular flexibility index (Phi) is 6.22. The monoisotopic (exact) mass is 406 g/mol. The molecule has 0 saturated carbocycles. The highest BCUT2D eigenvalue weighted by atomic mass is 32.1. The van der Waals surface area contributed by atoms with Gasteiger partial charge in [0.2, 0.25) is 11.8 Å². The van der Waals surface area contributed by atoms with Crippen LogP contribution in [-0.4, -0.2) is 40.8 Å². The van der Waals surface area contributed by atoms with Gasteiger partial charge in [0, 0.05) is 24.3 Å². The number of urea groups is 1. The highest BCUT2D eigenvalue weighted by Gasteiger charge is 2.28. The lowest BCUT2D eigenvalue weighted by molar-refractivity contribution is -0.126. The first-order chi connectivity index (χ1) is 12.9. The molecule has 0 spiro atoms. The summed E-state index contributed by atoms with van der Waals surface area (Å²) in [7, 11) is 0. The number of thiophene rings is 1. The number of aromatic nitrogens is 1. The van der Waals surface area contributed by atoms with Crippen LogP contribution < -0.4 is 10.6 Å². The van der Waals surface area contributed by atoms with E-state index in [2.05, 4.69) is 27.1 Å². The fourth-order valence-electron chi connectivity index (χ4n) is 2.84. The van der Waals surface area contributed by atoms with E-state index in [4.69, 9.17) is 0 Å². The first-order valence-corrected chi connectivity index (χ1v) is 10.5. The van der Waals surface area contributed by atoms with Crippen molar-refractivity contribution in [1.29, 1.82) is 0 Å². The van der Waals surface area contributed by atoms with E-state index in [1.54, 1.807) is 22.7 Å². The molecule has 4 amide bonds. The second-order valence-electron chi connectivity index (χ2n) is 6.46. The molecule has 3 heterocycles. The van der Waals surface area contributed by atoms with Crippen LogP contribution in [0.15, 0.2) is 16.8 Å². The Morgan fingerprint density at radius 2 is 2.22 bits per heavy atom. The summed E-state index contributed by atoms with van der Waals surface area (Å²) in [5.41, 5.74) is 2.15. The highest BCUT2D eigenvalue weighted by molar-refractivity contribution is 7.11. The van der Waals surface area contributed by atoms with Crippen LogP contribution in [-0.2, 0) is 16.0 Å². The third-order valence-corrected chi connectivity index (χ3v) is 6.34. The molecule has 27 heavy (non-hydrogen) atoms. The number of carbonyl (C=O) groups excluding carboxylic acids is 3. The van der Waals surface area contributed by atoms with Gasteiger partial charge >= 0.3 is 6.03 Å². The SMILES string of the molecule is Cc1nc([C@@H](Cc2ccsc2)NC(=O)CCCN2C(=O)CNC2=O)sc1C. The number of hydrogen-bond acceptors (Lipinski definition) is 6. The third kappa shape index (κ3) is 4.92. The summed E-state index contributed by atoms with van der Waals surface area (Å²) >= 11 is 3.23. The Morgan fingerprint density at radius 3 is 2.81 bits per heavy atom. The number of hydrogen-bond donors (Lipinski definition) is 2. The van der Waals surface area contributed by atoms with E-state index in [1.165, 1.54) is 0 Å². The summed E-state index contributed by atoms with van der Waals surface area (Å²) < 4.78 is 0. The maximum atomic E-state index is 12.4. The maximum Gasteiger partial charge on any atom is 0.324 e. The van der Waals surface area contributed by atoms with Gasteiger partial charge in [0.15, 0.2) is 0 Å².